The summed E-state index contributed by atoms with van der Waals surface area (Å²) >= 11 is 6.37. The molecule has 9 heteroatoms. The van der Waals surface area contributed by atoms with E-state index < -0.39 is 0 Å². The molecule has 0 radical (unpaired) electrons. The first kappa shape index (κ1) is 19.3. The lowest BCUT2D eigenvalue weighted by molar-refractivity contribution is -0.0829. The Labute approximate surface area is 183 Å². The molecule has 1 aliphatic heterocycles. The zero-order chi connectivity index (χ0) is 21.4. The third-order valence-electron chi connectivity index (χ3n) is 5.18. The maximum Gasteiger partial charge on any atom is 0.346 e. The summed E-state index contributed by atoms with van der Waals surface area (Å²) in [6, 6.07) is 18.5. The summed E-state index contributed by atoms with van der Waals surface area (Å²) in [6.45, 7) is 0.474. The van der Waals surface area contributed by atoms with Gasteiger partial charge in [-0.05, 0) is 41.0 Å². The van der Waals surface area contributed by atoms with Gasteiger partial charge in [0.2, 0.25) is 5.95 Å². The van der Waals surface area contributed by atoms with E-state index in [9.17, 15) is 4.79 Å². The zero-order valence-corrected chi connectivity index (χ0v) is 17.2. The second kappa shape index (κ2) is 7.90. The number of carbonyl (C=O) groups excluding carboxylic acids is 1. The Bertz CT molecular complexity index is 1260. The lowest BCUT2D eigenvalue weighted by Gasteiger charge is -2.23. The number of nitrogen functional groups attached to an aromatic ring is 1. The van der Waals surface area contributed by atoms with Gasteiger partial charge < -0.3 is 11.1 Å². The topological polar surface area (TPSA) is 97.8 Å². The number of amides is 2. The molecule has 2 amide bonds. The molecule has 0 bridgehead atoms. The highest BCUT2D eigenvalue weighted by atomic mass is 35.5. The van der Waals surface area contributed by atoms with Gasteiger partial charge in [-0.25, -0.2) is 9.31 Å². The van der Waals surface area contributed by atoms with Crippen LogP contribution in [0.2, 0.25) is 5.02 Å². The van der Waals surface area contributed by atoms with Gasteiger partial charge in [0.25, 0.3) is 0 Å². The van der Waals surface area contributed by atoms with Crippen LogP contribution in [0.15, 0.2) is 66.9 Å². The van der Waals surface area contributed by atoms with E-state index in [0.29, 0.717) is 23.0 Å². The van der Waals surface area contributed by atoms with Gasteiger partial charge in [-0.2, -0.15) is 10.0 Å². The molecule has 8 nitrogen and oxygen atoms in total. The Hall–Kier alpha value is -3.62. The fourth-order valence-electron chi connectivity index (χ4n) is 3.70. The maximum atomic E-state index is 13.0. The number of anilines is 2. The number of nitrogens with one attached hydrogen (secondary N) is 1. The molecule has 3 heterocycles. The van der Waals surface area contributed by atoms with Gasteiger partial charge in [-0.3, -0.25) is 4.84 Å². The van der Waals surface area contributed by atoms with Crippen molar-refractivity contribution in [2.24, 2.45) is 0 Å². The number of benzene rings is 2. The average molecular weight is 435 g/mol. The number of hydrogen-bond acceptors (Lipinski definition) is 5. The standard InChI is InChI=1S/C22H19ClN6O2/c23-17-7-6-15(16-8-10-28-20(13-16)26-21(24)27-28)12-18(17)25-22(30)29-19(9-11-31-29)14-4-2-1-3-5-14/h1-8,10,12-13,19H,9,11H2,(H2,24,27)(H,25,30). The second-order valence-electron chi connectivity index (χ2n) is 7.19. The number of aromatic nitrogens is 3. The zero-order valence-electron chi connectivity index (χ0n) is 16.4. The lowest BCUT2D eigenvalue weighted by Crippen LogP contribution is -2.33. The summed E-state index contributed by atoms with van der Waals surface area (Å²) in [6.07, 6.45) is 2.51. The molecule has 156 valence electrons. The number of carbonyl (C=O) groups is 1. The predicted molar refractivity (Wildman–Crippen MR) is 118 cm³/mol. The maximum absolute atomic E-state index is 13.0. The number of halogens is 1. The molecule has 4 aromatic rings. The van der Waals surface area contributed by atoms with Crippen molar-refractivity contribution in [1.82, 2.24) is 19.7 Å². The molecule has 1 aliphatic rings. The van der Waals surface area contributed by atoms with Gasteiger partial charge in [0.05, 0.1) is 23.4 Å². The third-order valence-corrected chi connectivity index (χ3v) is 5.51. The second-order valence-corrected chi connectivity index (χ2v) is 7.59. The van der Waals surface area contributed by atoms with Gasteiger partial charge in [0.1, 0.15) is 0 Å². The number of urea groups is 1. The minimum atomic E-state index is -0.369. The number of pyridine rings is 1. The van der Waals surface area contributed by atoms with E-state index in [1.165, 1.54) is 5.06 Å². The normalized spacial score (nSPS) is 16.0. The molecule has 1 unspecified atom stereocenters. The molecule has 0 saturated carbocycles. The van der Waals surface area contributed by atoms with Crippen LogP contribution < -0.4 is 11.1 Å². The van der Waals surface area contributed by atoms with Crippen LogP contribution in [0.1, 0.15) is 18.0 Å². The largest absolute Gasteiger partial charge is 0.366 e. The minimum Gasteiger partial charge on any atom is -0.366 e. The monoisotopic (exact) mass is 434 g/mol. The minimum absolute atomic E-state index is 0.149. The van der Waals surface area contributed by atoms with Crippen LogP contribution in [0.4, 0.5) is 16.4 Å². The van der Waals surface area contributed by atoms with Crippen molar-refractivity contribution >= 4 is 34.9 Å². The number of rotatable bonds is 3. The van der Waals surface area contributed by atoms with Crippen LogP contribution in [-0.4, -0.2) is 32.3 Å². The average Bonchev–Trinajstić information content (AvgIpc) is 3.41. The highest BCUT2D eigenvalue weighted by Crippen LogP contribution is 2.33. The number of hydrogen-bond donors (Lipinski definition) is 2. The van der Waals surface area contributed by atoms with Crippen molar-refractivity contribution in [2.45, 2.75) is 12.5 Å². The first-order valence-corrected chi connectivity index (χ1v) is 10.2. The van der Waals surface area contributed by atoms with E-state index in [1.54, 1.807) is 16.8 Å². The summed E-state index contributed by atoms with van der Waals surface area (Å²) in [5.74, 6) is 0.208. The van der Waals surface area contributed by atoms with Crippen molar-refractivity contribution in [3.05, 3.63) is 77.4 Å². The van der Waals surface area contributed by atoms with Crippen LogP contribution in [0.3, 0.4) is 0 Å². The summed E-state index contributed by atoms with van der Waals surface area (Å²) in [5, 5.41) is 8.77. The van der Waals surface area contributed by atoms with Gasteiger partial charge >= 0.3 is 6.03 Å². The van der Waals surface area contributed by atoms with Crippen molar-refractivity contribution in [2.75, 3.05) is 17.7 Å². The molecule has 3 N–H and O–H groups in total. The van der Waals surface area contributed by atoms with Gasteiger partial charge in [0, 0.05) is 12.6 Å². The summed E-state index contributed by atoms with van der Waals surface area (Å²) < 4.78 is 1.60. The smallest absolute Gasteiger partial charge is 0.346 e. The first-order valence-electron chi connectivity index (χ1n) is 9.78. The fraction of sp³-hybridized carbons (Fsp3) is 0.136. The van der Waals surface area contributed by atoms with E-state index in [2.05, 4.69) is 15.4 Å². The molecule has 5 rings (SSSR count). The van der Waals surface area contributed by atoms with Gasteiger partial charge in [0.15, 0.2) is 5.65 Å². The van der Waals surface area contributed by atoms with Crippen LogP contribution in [0.25, 0.3) is 16.8 Å². The Morgan fingerprint density at radius 1 is 1.13 bits per heavy atom. The quantitative estimate of drug-likeness (QED) is 0.493. The Morgan fingerprint density at radius 2 is 1.94 bits per heavy atom. The van der Waals surface area contributed by atoms with Gasteiger partial charge in [-0.1, -0.05) is 48.0 Å². The molecule has 1 saturated heterocycles. The first-order chi connectivity index (χ1) is 15.1. The molecule has 31 heavy (non-hydrogen) atoms. The Kier molecular flexibility index (Phi) is 4.93. The van der Waals surface area contributed by atoms with Crippen molar-refractivity contribution < 1.29 is 9.63 Å². The summed E-state index contributed by atoms with van der Waals surface area (Å²) in [7, 11) is 0. The number of nitrogens with two attached hydrogens (primary N) is 1. The molecule has 0 aliphatic carbocycles. The molecule has 0 spiro atoms. The molecule has 1 fully saturated rings. The number of fused-ring (bicyclic) bond motifs is 1. The third kappa shape index (κ3) is 3.78. The molecule has 2 aromatic carbocycles. The van der Waals surface area contributed by atoms with E-state index in [0.717, 1.165) is 23.1 Å². The number of hydroxylamine groups is 2. The highest BCUT2D eigenvalue weighted by molar-refractivity contribution is 6.33. The fourth-order valence-corrected chi connectivity index (χ4v) is 3.86. The molecular weight excluding hydrogens is 416 g/mol. The van der Waals surface area contributed by atoms with Crippen molar-refractivity contribution in [1.29, 1.82) is 0 Å². The van der Waals surface area contributed by atoms with E-state index in [1.807, 2.05) is 54.6 Å². The summed E-state index contributed by atoms with van der Waals surface area (Å²) in [5.41, 5.74) is 9.58. The molecule has 1 atom stereocenters. The van der Waals surface area contributed by atoms with E-state index in [4.69, 9.17) is 22.2 Å². The van der Waals surface area contributed by atoms with Crippen LogP contribution >= 0.6 is 11.6 Å². The molecule has 2 aromatic heterocycles. The van der Waals surface area contributed by atoms with Crippen molar-refractivity contribution in [3.8, 4) is 11.1 Å². The molecular formula is C22H19ClN6O2. The van der Waals surface area contributed by atoms with Crippen LogP contribution in [-0.2, 0) is 4.84 Å². The van der Waals surface area contributed by atoms with Crippen LogP contribution in [0, 0.1) is 0 Å². The Balaban J connectivity index is 1.40. The highest BCUT2D eigenvalue weighted by Gasteiger charge is 2.32. The van der Waals surface area contributed by atoms with E-state index in [-0.39, 0.29) is 18.0 Å². The SMILES string of the molecule is Nc1nc2cc(-c3ccc(Cl)c(NC(=O)N4OCCC4c4ccccc4)c3)ccn2n1. The van der Waals surface area contributed by atoms with Crippen molar-refractivity contribution in [3.63, 3.8) is 0 Å². The lowest BCUT2D eigenvalue weighted by atomic mass is 10.0. The van der Waals surface area contributed by atoms with Crippen LogP contribution in [0.5, 0.6) is 0 Å². The van der Waals surface area contributed by atoms with E-state index >= 15 is 0 Å². The Morgan fingerprint density at radius 3 is 2.77 bits per heavy atom. The summed E-state index contributed by atoms with van der Waals surface area (Å²) in [4.78, 5) is 22.8. The predicted octanol–water partition coefficient (Wildman–Crippen LogP) is 4.54. The van der Waals surface area contributed by atoms with Gasteiger partial charge in [-0.15, -0.1) is 5.10 Å². The number of nitrogens with zero attached hydrogens (tertiary/aromatic N) is 4.